The van der Waals surface area contributed by atoms with Gasteiger partial charge in [-0.2, -0.15) is 0 Å². The molecule has 1 N–H and O–H groups in total. The molecule has 1 unspecified atom stereocenters. The van der Waals surface area contributed by atoms with Crippen molar-refractivity contribution in [2.24, 2.45) is 0 Å². The van der Waals surface area contributed by atoms with Crippen molar-refractivity contribution in [2.75, 3.05) is 7.11 Å². The Balaban J connectivity index is 2.44. The molecular weight excluding hydrogens is 290 g/mol. The van der Waals surface area contributed by atoms with Gasteiger partial charge in [-0.15, -0.1) is 11.6 Å². The molecule has 0 saturated heterocycles. The van der Waals surface area contributed by atoms with Gasteiger partial charge in [0, 0.05) is 12.1 Å². The number of amides is 1. The monoisotopic (exact) mass is 309 g/mol. The van der Waals surface area contributed by atoms with Crippen molar-refractivity contribution in [3.8, 4) is 5.75 Å². The summed E-state index contributed by atoms with van der Waals surface area (Å²) in [7, 11) is 1.61. The van der Waals surface area contributed by atoms with Crippen molar-refractivity contribution < 1.29 is 9.53 Å². The fourth-order valence-corrected chi connectivity index (χ4v) is 2.40. The average molecular weight is 310 g/mol. The maximum Gasteiger partial charge on any atom is 0.240 e. The van der Waals surface area contributed by atoms with Crippen LogP contribution in [0.4, 0.5) is 0 Å². The van der Waals surface area contributed by atoms with Gasteiger partial charge >= 0.3 is 0 Å². The van der Waals surface area contributed by atoms with Crippen LogP contribution in [0.3, 0.4) is 0 Å². The van der Waals surface area contributed by atoms with E-state index in [2.05, 4.69) is 10.3 Å². The van der Waals surface area contributed by atoms with E-state index in [4.69, 9.17) is 16.3 Å². The van der Waals surface area contributed by atoms with Crippen molar-refractivity contribution >= 4 is 28.5 Å². The van der Waals surface area contributed by atoms with Gasteiger partial charge in [0.25, 0.3) is 0 Å². The van der Waals surface area contributed by atoms with Gasteiger partial charge in [-0.3, -0.25) is 4.79 Å². The minimum absolute atomic E-state index is 0.0568. The van der Waals surface area contributed by atoms with E-state index < -0.39 is 0 Å². The summed E-state index contributed by atoms with van der Waals surface area (Å²) in [6.45, 7) is 5.91. The Kier molecular flexibility index (Phi) is 4.73. The predicted octanol–water partition coefficient (Wildman–Crippen LogP) is 2.87. The maximum atomic E-state index is 12.0. The highest BCUT2D eigenvalue weighted by molar-refractivity contribution is 6.20. The number of carbonyl (C=O) groups is 1. The van der Waals surface area contributed by atoms with Crippen LogP contribution in [0, 0.1) is 0 Å². The molecule has 0 aliphatic carbocycles. The lowest BCUT2D eigenvalue weighted by atomic mass is 10.3. The van der Waals surface area contributed by atoms with Crippen LogP contribution in [0.5, 0.6) is 5.75 Å². The van der Waals surface area contributed by atoms with E-state index in [1.165, 1.54) is 0 Å². The number of hydrogen-bond donors (Lipinski definition) is 1. The molecule has 1 aromatic carbocycles. The molecule has 1 heterocycles. The largest absolute Gasteiger partial charge is 0.497 e. The standard InChI is InChI=1S/C15H20ClN3O2/c1-9(2)17-14(20)8-19-13-6-5-11(21-4)7-12(13)18-15(19)10(3)16/h5-7,9-10H,8H2,1-4H3,(H,17,20). The van der Waals surface area contributed by atoms with Crippen LogP contribution in [-0.4, -0.2) is 28.6 Å². The van der Waals surface area contributed by atoms with Gasteiger partial charge in [0.1, 0.15) is 18.1 Å². The summed E-state index contributed by atoms with van der Waals surface area (Å²) in [5.41, 5.74) is 1.64. The first-order chi connectivity index (χ1) is 9.92. The highest BCUT2D eigenvalue weighted by Gasteiger charge is 2.17. The summed E-state index contributed by atoms with van der Waals surface area (Å²) >= 11 is 6.20. The maximum absolute atomic E-state index is 12.0. The Morgan fingerprint density at radius 3 is 2.71 bits per heavy atom. The van der Waals surface area contributed by atoms with Gasteiger partial charge in [-0.25, -0.2) is 4.98 Å². The minimum Gasteiger partial charge on any atom is -0.497 e. The van der Waals surface area contributed by atoms with Gasteiger partial charge < -0.3 is 14.6 Å². The number of carbonyl (C=O) groups excluding carboxylic acids is 1. The molecule has 114 valence electrons. The zero-order chi connectivity index (χ0) is 15.6. The summed E-state index contributed by atoms with van der Waals surface area (Å²) in [5, 5.41) is 2.60. The van der Waals surface area contributed by atoms with Crippen LogP contribution >= 0.6 is 11.6 Å². The van der Waals surface area contributed by atoms with Crippen LogP contribution in [-0.2, 0) is 11.3 Å². The first-order valence-corrected chi connectivity index (χ1v) is 7.33. The molecule has 0 spiro atoms. The van der Waals surface area contributed by atoms with E-state index in [1.54, 1.807) is 7.11 Å². The first kappa shape index (κ1) is 15.6. The number of rotatable bonds is 5. The average Bonchev–Trinajstić information content (AvgIpc) is 2.75. The Bertz CT molecular complexity index is 650. The third-order valence-corrected chi connectivity index (χ3v) is 3.29. The van der Waals surface area contributed by atoms with Crippen molar-refractivity contribution in [1.82, 2.24) is 14.9 Å². The van der Waals surface area contributed by atoms with E-state index in [9.17, 15) is 4.79 Å². The number of nitrogens with one attached hydrogen (secondary N) is 1. The molecule has 0 radical (unpaired) electrons. The van der Waals surface area contributed by atoms with Gasteiger partial charge in [0.15, 0.2) is 0 Å². The number of methoxy groups -OCH3 is 1. The normalized spacial score (nSPS) is 12.7. The second-order valence-electron chi connectivity index (χ2n) is 5.25. The van der Waals surface area contributed by atoms with Crippen LogP contribution in [0.1, 0.15) is 32.0 Å². The number of fused-ring (bicyclic) bond motifs is 1. The molecule has 0 aliphatic heterocycles. The molecule has 5 nitrogen and oxygen atoms in total. The summed E-state index contributed by atoms with van der Waals surface area (Å²) < 4.78 is 7.06. The lowest BCUT2D eigenvalue weighted by Crippen LogP contribution is -2.33. The Labute approximate surface area is 129 Å². The van der Waals surface area contributed by atoms with Crippen LogP contribution in [0.25, 0.3) is 11.0 Å². The van der Waals surface area contributed by atoms with Crippen molar-refractivity contribution in [3.05, 3.63) is 24.0 Å². The van der Waals surface area contributed by atoms with E-state index >= 15 is 0 Å². The van der Waals surface area contributed by atoms with Crippen molar-refractivity contribution in [2.45, 2.75) is 38.7 Å². The van der Waals surface area contributed by atoms with E-state index in [0.29, 0.717) is 5.82 Å². The Morgan fingerprint density at radius 1 is 1.43 bits per heavy atom. The zero-order valence-electron chi connectivity index (χ0n) is 12.7. The lowest BCUT2D eigenvalue weighted by Gasteiger charge is -2.12. The molecule has 21 heavy (non-hydrogen) atoms. The summed E-state index contributed by atoms with van der Waals surface area (Å²) in [6.07, 6.45) is 0. The Hall–Kier alpha value is -1.75. The van der Waals surface area contributed by atoms with Crippen LogP contribution in [0.2, 0.25) is 0 Å². The second kappa shape index (κ2) is 6.35. The molecule has 0 bridgehead atoms. The van der Waals surface area contributed by atoms with Crippen LogP contribution in [0.15, 0.2) is 18.2 Å². The Morgan fingerprint density at radius 2 is 2.14 bits per heavy atom. The quantitative estimate of drug-likeness (QED) is 0.864. The number of alkyl halides is 1. The third kappa shape index (κ3) is 3.47. The molecule has 1 atom stereocenters. The number of nitrogens with zero attached hydrogens (tertiary/aromatic N) is 2. The number of aromatic nitrogens is 2. The highest BCUT2D eigenvalue weighted by atomic mass is 35.5. The van der Waals surface area contributed by atoms with Crippen LogP contribution < -0.4 is 10.1 Å². The van der Waals surface area contributed by atoms with Gasteiger partial charge in [0.2, 0.25) is 5.91 Å². The second-order valence-corrected chi connectivity index (χ2v) is 5.90. The number of ether oxygens (including phenoxy) is 1. The molecular formula is C15H20ClN3O2. The smallest absolute Gasteiger partial charge is 0.240 e. The topological polar surface area (TPSA) is 56.2 Å². The molecule has 0 aliphatic rings. The fourth-order valence-electron chi connectivity index (χ4n) is 2.24. The van der Waals surface area contributed by atoms with Gasteiger partial charge in [-0.1, -0.05) is 0 Å². The molecule has 2 rings (SSSR count). The van der Waals surface area contributed by atoms with Gasteiger partial charge in [-0.05, 0) is 32.9 Å². The predicted molar refractivity (Wildman–Crippen MR) is 83.8 cm³/mol. The van der Waals surface area contributed by atoms with Crippen molar-refractivity contribution in [3.63, 3.8) is 0 Å². The number of halogens is 1. The lowest BCUT2D eigenvalue weighted by molar-refractivity contribution is -0.122. The molecule has 1 aromatic heterocycles. The fraction of sp³-hybridized carbons (Fsp3) is 0.467. The number of benzene rings is 1. The third-order valence-electron chi connectivity index (χ3n) is 3.09. The first-order valence-electron chi connectivity index (χ1n) is 6.90. The molecule has 2 aromatic rings. The number of imidazole rings is 1. The highest BCUT2D eigenvalue weighted by Crippen LogP contribution is 2.27. The molecule has 6 heteroatoms. The van der Waals surface area contributed by atoms with Gasteiger partial charge in [0.05, 0.1) is 23.5 Å². The molecule has 0 saturated carbocycles. The summed E-state index contributed by atoms with van der Waals surface area (Å²) in [6, 6.07) is 5.69. The summed E-state index contributed by atoms with van der Waals surface area (Å²) in [5.74, 6) is 1.35. The van der Waals surface area contributed by atoms with E-state index in [1.807, 2.05) is 43.5 Å². The van der Waals surface area contributed by atoms with Crippen molar-refractivity contribution in [1.29, 1.82) is 0 Å². The number of hydrogen-bond acceptors (Lipinski definition) is 3. The SMILES string of the molecule is COc1ccc2c(c1)nc(C(C)Cl)n2CC(=O)NC(C)C. The zero-order valence-corrected chi connectivity index (χ0v) is 13.4. The van der Waals surface area contributed by atoms with E-state index in [-0.39, 0.29) is 23.9 Å². The molecule has 1 amide bonds. The van der Waals surface area contributed by atoms with E-state index in [0.717, 1.165) is 16.8 Å². The molecule has 0 fully saturated rings. The minimum atomic E-state index is -0.282. The summed E-state index contributed by atoms with van der Waals surface area (Å²) in [4.78, 5) is 16.6.